The first-order valence-corrected chi connectivity index (χ1v) is 10.9. The van der Waals surface area contributed by atoms with E-state index in [9.17, 15) is 9.90 Å². The Kier molecular flexibility index (Phi) is 6.50. The van der Waals surface area contributed by atoms with Gasteiger partial charge in [-0.1, -0.05) is 30.3 Å². The maximum atomic E-state index is 11.6. The topological polar surface area (TPSA) is 105 Å². The van der Waals surface area contributed by atoms with Crippen LogP contribution in [0.3, 0.4) is 0 Å². The van der Waals surface area contributed by atoms with Gasteiger partial charge in [0.15, 0.2) is 11.5 Å². The van der Waals surface area contributed by atoms with E-state index >= 15 is 0 Å². The molecule has 3 heterocycles. The van der Waals surface area contributed by atoms with Gasteiger partial charge >= 0.3 is 5.97 Å². The van der Waals surface area contributed by atoms with Crippen LogP contribution >= 0.6 is 0 Å². The number of rotatable bonds is 5. The number of anilines is 2. The van der Waals surface area contributed by atoms with Crippen LogP contribution in [-0.2, 0) is 4.74 Å². The number of methoxy groups -OCH3 is 1. The van der Waals surface area contributed by atoms with E-state index in [0.717, 1.165) is 48.0 Å². The number of nitrogens with zero attached hydrogens (tertiary/aromatic N) is 6. The number of carbonyl (C=O) groups is 1. The summed E-state index contributed by atoms with van der Waals surface area (Å²) >= 11 is 0. The zero-order chi connectivity index (χ0) is 23.5. The first-order valence-electron chi connectivity index (χ1n) is 10.9. The highest BCUT2D eigenvalue weighted by Crippen LogP contribution is 2.29. The van der Waals surface area contributed by atoms with E-state index in [2.05, 4.69) is 41.6 Å². The molecule has 0 saturated carbocycles. The molecule has 3 aromatic rings. The standard InChI is InChI=1S/C24H28N6O3/c1-15-14-29(10-11-30(15)20-13-25-19(12-26-20)24(32)33-4)23-17(3)16(2)21(27-28-23)22(31)18-8-6-5-7-9-18/h5-9,12-13,15,22,31H,10-11,14H2,1-4H3. The van der Waals surface area contributed by atoms with Gasteiger partial charge in [-0.05, 0) is 37.5 Å². The van der Waals surface area contributed by atoms with Crippen LogP contribution in [0, 0.1) is 13.8 Å². The van der Waals surface area contributed by atoms with Crippen LogP contribution in [0.2, 0.25) is 0 Å². The minimum atomic E-state index is -0.811. The fraction of sp³-hybridized carbons (Fsp3) is 0.375. The third-order valence-electron chi connectivity index (χ3n) is 6.16. The summed E-state index contributed by atoms with van der Waals surface area (Å²) in [6.45, 7) is 8.31. The van der Waals surface area contributed by atoms with Gasteiger partial charge in [-0.25, -0.2) is 14.8 Å². The largest absolute Gasteiger partial charge is 0.464 e. The van der Waals surface area contributed by atoms with Crippen LogP contribution in [0.15, 0.2) is 42.7 Å². The maximum absolute atomic E-state index is 11.6. The van der Waals surface area contributed by atoms with E-state index in [0.29, 0.717) is 5.69 Å². The minimum Gasteiger partial charge on any atom is -0.464 e. The fourth-order valence-corrected chi connectivity index (χ4v) is 4.13. The van der Waals surface area contributed by atoms with E-state index in [1.165, 1.54) is 13.3 Å². The van der Waals surface area contributed by atoms with Crippen molar-refractivity contribution in [3.8, 4) is 0 Å². The molecule has 0 spiro atoms. The summed E-state index contributed by atoms with van der Waals surface area (Å²) in [7, 11) is 1.32. The Bertz CT molecular complexity index is 1120. The van der Waals surface area contributed by atoms with E-state index < -0.39 is 12.1 Å². The van der Waals surface area contributed by atoms with E-state index in [1.54, 1.807) is 6.20 Å². The molecular formula is C24H28N6O3. The van der Waals surface area contributed by atoms with Crippen LogP contribution in [0.5, 0.6) is 0 Å². The van der Waals surface area contributed by atoms with Crippen molar-refractivity contribution in [2.24, 2.45) is 0 Å². The number of aliphatic hydroxyl groups is 1. The van der Waals surface area contributed by atoms with Crippen molar-refractivity contribution in [1.29, 1.82) is 0 Å². The lowest BCUT2D eigenvalue weighted by molar-refractivity contribution is 0.0593. The van der Waals surface area contributed by atoms with Crippen LogP contribution in [-0.4, -0.2) is 64.0 Å². The van der Waals surface area contributed by atoms with Crippen molar-refractivity contribution >= 4 is 17.6 Å². The average Bonchev–Trinajstić information content (AvgIpc) is 2.85. The third kappa shape index (κ3) is 4.49. The Morgan fingerprint density at radius 2 is 1.85 bits per heavy atom. The second-order valence-corrected chi connectivity index (χ2v) is 8.21. The number of piperazine rings is 1. The molecule has 1 fully saturated rings. The lowest BCUT2D eigenvalue weighted by Gasteiger charge is -2.41. The molecule has 9 nitrogen and oxygen atoms in total. The van der Waals surface area contributed by atoms with Crippen molar-refractivity contribution in [2.75, 3.05) is 36.5 Å². The smallest absolute Gasteiger partial charge is 0.358 e. The van der Waals surface area contributed by atoms with E-state index in [4.69, 9.17) is 0 Å². The van der Waals surface area contributed by atoms with Crippen LogP contribution in [0.25, 0.3) is 0 Å². The Morgan fingerprint density at radius 3 is 2.48 bits per heavy atom. The number of hydrogen-bond donors (Lipinski definition) is 1. The predicted molar refractivity (Wildman–Crippen MR) is 124 cm³/mol. The predicted octanol–water partition coefficient (Wildman–Crippen LogP) is 2.47. The molecule has 0 radical (unpaired) electrons. The Balaban J connectivity index is 1.50. The molecule has 0 bridgehead atoms. The molecule has 172 valence electrons. The van der Waals surface area contributed by atoms with Crippen LogP contribution < -0.4 is 9.80 Å². The summed E-state index contributed by atoms with van der Waals surface area (Å²) in [6, 6.07) is 9.64. The zero-order valence-corrected chi connectivity index (χ0v) is 19.3. The molecule has 2 unspecified atom stereocenters. The Labute approximate surface area is 193 Å². The van der Waals surface area contributed by atoms with Gasteiger partial charge in [0.2, 0.25) is 0 Å². The zero-order valence-electron chi connectivity index (χ0n) is 19.3. The normalized spacial score (nSPS) is 17.1. The summed E-state index contributed by atoms with van der Waals surface area (Å²) in [4.78, 5) is 24.5. The molecule has 4 rings (SSSR count). The van der Waals surface area contributed by atoms with Crippen molar-refractivity contribution in [1.82, 2.24) is 20.2 Å². The molecule has 1 aromatic carbocycles. The molecule has 1 aliphatic heterocycles. The van der Waals surface area contributed by atoms with Gasteiger partial charge in [0, 0.05) is 25.7 Å². The summed E-state index contributed by atoms with van der Waals surface area (Å²) in [5.41, 5.74) is 3.51. The van der Waals surface area contributed by atoms with Gasteiger partial charge in [-0.2, -0.15) is 5.10 Å². The number of carbonyl (C=O) groups excluding carboxylic acids is 1. The molecule has 2 atom stereocenters. The van der Waals surface area contributed by atoms with Crippen LogP contribution in [0.4, 0.5) is 11.6 Å². The second-order valence-electron chi connectivity index (χ2n) is 8.21. The number of ether oxygens (including phenoxy) is 1. The van der Waals surface area contributed by atoms with E-state index in [1.807, 2.05) is 44.2 Å². The fourth-order valence-electron chi connectivity index (χ4n) is 4.13. The quantitative estimate of drug-likeness (QED) is 0.589. The SMILES string of the molecule is COC(=O)c1cnc(N2CCN(c3nnc(C(O)c4ccccc4)c(C)c3C)CC2C)cn1. The van der Waals surface area contributed by atoms with Crippen LogP contribution in [0.1, 0.15) is 45.9 Å². The lowest BCUT2D eigenvalue weighted by Crippen LogP contribution is -2.53. The van der Waals surface area contributed by atoms with Crippen molar-refractivity contribution in [3.05, 3.63) is 70.8 Å². The summed E-state index contributed by atoms with van der Waals surface area (Å²) in [5.74, 6) is 1.04. The first kappa shape index (κ1) is 22.6. The summed E-state index contributed by atoms with van der Waals surface area (Å²) in [6.07, 6.45) is 2.23. The molecule has 9 heteroatoms. The van der Waals surface area contributed by atoms with Crippen molar-refractivity contribution < 1.29 is 14.6 Å². The maximum Gasteiger partial charge on any atom is 0.358 e. The number of hydrogen-bond acceptors (Lipinski definition) is 9. The van der Waals surface area contributed by atoms with Gasteiger partial charge in [-0.15, -0.1) is 5.10 Å². The molecular weight excluding hydrogens is 420 g/mol. The molecule has 2 aromatic heterocycles. The third-order valence-corrected chi connectivity index (χ3v) is 6.16. The van der Waals surface area contributed by atoms with Crippen molar-refractivity contribution in [3.63, 3.8) is 0 Å². The first-order chi connectivity index (χ1) is 15.9. The monoisotopic (exact) mass is 448 g/mol. The Hall–Kier alpha value is -3.59. The summed E-state index contributed by atoms with van der Waals surface area (Å²) < 4.78 is 4.68. The molecule has 0 amide bonds. The number of aliphatic hydroxyl groups excluding tert-OH is 1. The molecule has 33 heavy (non-hydrogen) atoms. The van der Waals surface area contributed by atoms with Gasteiger partial charge < -0.3 is 19.6 Å². The van der Waals surface area contributed by atoms with Gasteiger partial charge in [0.25, 0.3) is 0 Å². The van der Waals surface area contributed by atoms with Gasteiger partial charge in [0.1, 0.15) is 11.9 Å². The highest BCUT2D eigenvalue weighted by Gasteiger charge is 2.28. The molecule has 1 N–H and O–H groups in total. The second kappa shape index (κ2) is 9.50. The van der Waals surface area contributed by atoms with Gasteiger partial charge in [-0.3, -0.25) is 0 Å². The van der Waals surface area contributed by atoms with E-state index in [-0.39, 0.29) is 11.7 Å². The average molecular weight is 449 g/mol. The number of benzene rings is 1. The lowest BCUT2D eigenvalue weighted by atomic mass is 10.0. The van der Waals surface area contributed by atoms with Crippen molar-refractivity contribution in [2.45, 2.75) is 32.9 Å². The molecule has 1 saturated heterocycles. The van der Waals surface area contributed by atoms with Gasteiger partial charge in [0.05, 0.1) is 25.2 Å². The number of esters is 1. The highest BCUT2D eigenvalue weighted by molar-refractivity contribution is 5.86. The highest BCUT2D eigenvalue weighted by atomic mass is 16.5. The Morgan fingerprint density at radius 1 is 1.09 bits per heavy atom. The number of aromatic nitrogens is 4. The minimum absolute atomic E-state index is 0.146. The molecule has 0 aliphatic carbocycles. The molecule has 1 aliphatic rings. The summed E-state index contributed by atoms with van der Waals surface area (Å²) in [5, 5.41) is 19.7.